The smallest absolute Gasteiger partial charge is 0.0383 e. The van der Waals surface area contributed by atoms with Crippen molar-refractivity contribution in [1.82, 2.24) is 10.2 Å². The number of nitrogens with zero attached hydrogens (tertiary/aromatic N) is 1. The van der Waals surface area contributed by atoms with Crippen LogP contribution in [0.3, 0.4) is 0 Å². The summed E-state index contributed by atoms with van der Waals surface area (Å²) in [5.41, 5.74) is 2.96. The lowest BCUT2D eigenvalue weighted by molar-refractivity contribution is 0.0846. The van der Waals surface area contributed by atoms with Gasteiger partial charge in [0.05, 0.1) is 0 Å². The first-order valence-corrected chi connectivity index (χ1v) is 8.77. The zero-order valence-electron chi connectivity index (χ0n) is 14.3. The SMILES string of the molecule is Cc1ccc([C@H](C2CCC2)N2CCNCC2)c2ccccc12.Cl.Cl. The molecule has 2 nitrogen and oxygen atoms in total. The maximum atomic E-state index is 3.50. The number of benzene rings is 2. The quantitative estimate of drug-likeness (QED) is 0.843. The molecule has 1 N–H and O–H groups in total. The number of halogens is 2. The Balaban J connectivity index is 0.00000104. The highest BCUT2D eigenvalue weighted by molar-refractivity contribution is 5.89. The second-order valence-electron chi connectivity index (χ2n) is 6.94. The number of nitrogens with one attached hydrogen (secondary N) is 1. The first-order chi connectivity index (χ1) is 10.8. The van der Waals surface area contributed by atoms with Crippen LogP contribution in [0.5, 0.6) is 0 Å². The zero-order valence-corrected chi connectivity index (χ0v) is 16.0. The first-order valence-electron chi connectivity index (χ1n) is 8.77. The molecule has 2 aliphatic rings. The van der Waals surface area contributed by atoms with Gasteiger partial charge in [0, 0.05) is 32.2 Å². The summed E-state index contributed by atoms with van der Waals surface area (Å²) in [5, 5.41) is 6.40. The van der Waals surface area contributed by atoms with Crippen molar-refractivity contribution in [3.63, 3.8) is 0 Å². The maximum absolute atomic E-state index is 3.50. The van der Waals surface area contributed by atoms with Gasteiger partial charge in [-0.25, -0.2) is 0 Å². The molecular weight excluding hydrogens is 339 g/mol. The second kappa shape index (κ2) is 8.53. The Hall–Kier alpha value is -0.800. The summed E-state index contributed by atoms with van der Waals surface area (Å²) in [4.78, 5) is 2.73. The largest absolute Gasteiger partial charge is 0.314 e. The number of aryl methyl sites for hydroxylation is 1. The molecule has 24 heavy (non-hydrogen) atoms. The maximum Gasteiger partial charge on any atom is 0.0383 e. The van der Waals surface area contributed by atoms with E-state index in [2.05, 4.69) is 53.5 Å². The van der Waals surface area contributed by atoms with Crippen LogP contribution in [0.2, 0.25) is 0 Å². The number of hydrogen-bond donors (Lipinski definition) is 1. The molecule has 132 valence electrons. The molecule has 0 amide bonds. The van der Waals surface area contributed by atoms with Gasteiger partial charge in [-0.3, -0.25) is 4.90 Å². The third-order valence-corrected chi connectivity index (χ3v) is 5.64. The highest BCUT2D eigenvalue weighted by Gasteiger charge is 2.34. The van der Waals surface area contributed by atoms with Crippen molar-refractivity contribution in [2.75, 3.05) is 26.2 Å². The lowest BCUT2D eigenvalue weighted by Gasteiger charge is -2.43. The van der Waals surface area contributed by atoms with E-state index in [1.807, 2.05) is 0 Å². The summed E-state index contributed by atoms with van der Waals surface area (Å²) in [6, 6.07) is 14.3. The van der Waals surface area contributed by atoms with Crippen molar-refractivity contribution in [3.05, 3.63) is 47.5 Å². The van der Waals surface area contributed by atoms with Crippen molar-refractivity contribution in [1.29, 1.82) is 0 Å². The van der Waals surface area contributed by atoms with Gasteiger partial charge in [0.1, 0.15) is 0 Å². The normalized spacial score (nSPS) is 19.9. The summed E-state index contributed by atoms with van der Waals surface area (Å²) in [5.74, 6) is 0.851. The summed E-state index contributed by atoms with van der Waals surface area (Å²) in [6.45, 7) is 6.86. The Kier molecular flexibility index (Phi) is 6.94. The average molecular weight is 367 g/mol. The van der Waals surface area contributed by atoms with Crippen LogP contribution in [-0.2, 0) is 0 Å². The van der Waals surface area contributed by atoms with Gasteiger partial charge in [0.25, 0.3) is 0 Å². The van der Waals surface area contributed by atoms with Gasteiger partial charge < -0.3 is 5.32 Å². The predicted octanol–water partition coefficient (Wildman–Crippen LogP) is 4.74. The van der Waals surface area contributed by atoms with E-state index in [0.29, 0.717) is 6.04 Å². The van der Waals surface area contributed by atoms with Gasteiger partial charge in [-0.15, -0.1) is 24.8 Å². The van der Waals surface area contributed by atoms with Crippen LogP contribution >= 0.6 is 24.8 Å². The van der Waals surface area contributed by atoms with Crippen LogP contribution in [0.15, 0.2) is 36.4 Å². The number of rotatable bonds is 3. The van der Waals surface area contributed by atoms with Gasteiger partial charge in [-0.1, -0.05) is 42.8 Å². The van der Waals surface area contributed by atoms with Gasteiger partial charge in [0.15, 0.2) is 0 Å². The molecule has 4 rings (SSSR count). The van der Waals surface area contributed by atoms with Gasteiger partial charge in [0.2, 0.25) is 0 Å². The fourth-order valence-electron chi connectivity index (χ4n) is 4.20. The van der Waals surface area contributed by atoms with Crippen LogP contribution in [0.4, 0.5) is 0 Å². The van der Waals surface area contributed by atoms with E-state index in [1.54, 1.807) is 5.56 Å². The zero-order chi connectivity index (χ0) is 14.9. The minimum absolute atomic E-state index is 0. The third kappa shape index (κ3) is 3.57. The summed E-state index contributed by atoms with van der Waals surface area (Å²) < 4.78 is 0. The Morgan fingerprint density at radius 2 is 1.62 bits per heavy atom. The van der Waals surface area contributed by atoms with Crippen LogP contribution in [0, 0.1) is 12.8 Å². The van der Waals surface area contributed by atoms with Gasteiger partial charge in [-0.2, -0.15) is 0 Å². The molecule has 2 aromatic rings. The molecule has 2 fully saturated rings. The van der Waals surface area contributed by atoms with E-state index in [4.69, 9.17) is 0 Å². The summed E-state index contributed by atoms with van der Waals surface area (Å²) in [7, 11) is 0. The Morgan fingerprint density at radius 1 is 0.958 bits per heavy atom. The van der Waals surface area contributed by atoms with Crippen LogP contribution in [0.25, 0.3) is 10.8 Å². The number of fused-ring (bicyclic) bond motifs is 1. The second-order valence-corrected chi connectivity index (χ2v) is 6.94. The molecule has 2 aromatic carbocycles. The Labute approximate surface area is 157 Å². The van der Waals surface area contributed by atoms with E-state index >= 15 is 0 Å². The third-order valence-electron chi connectivity index (χ3n) is 5.64. The van der Waals surface area contributed by atoms with Crippen molar-refractivity contribution in [3.8, 4) is 0 Å². The molecule has 1 aliphatic carbocycles. The Bertz CT molecular complexity index is 664. The lowest BCUT2D eigenvalue weighted by atomic mass is 9.75. The average Bonchev–Trinajstić information content (AvgIpc) is 2.53. The summed E-state index contributed by atoms with van der Waals surface area (Å²) >= 11 is 0. The van der Waals surface area contributed by atoms with E-state index in [-0.39, 0.29) is 24.8 Å². The highest BCUT2D eigenvalue weighted by Crippen LogP contribution is 2.43. The standard InChI is InChI=1S/C20H26N2.2ClH/c1-15-9-10-19(18-8-3-2-7-17(15)18)20(16-5-4-6-16)22-13-11-21-12-14-22;;/h2-3,7-10,16,20-21H,4-6,11-14H2,1H3;2*1H/t20-;;/m0../s1. The van der Waals surface area contributed by atoms with E-state index in [9.17, 15) is 0 Å². The molecule has 1 aliphatic heterocycles. The predicted molar refractivity (Wildman–Crippen MR) is 108 cm³/mol. The van der Waals surface area contributed by atoms with Crippen molar-refractivity contribution in [2.45, 2.75) is 32.2 Å². The molecule has 1 atom stereocenters. The minimum Gasteiger partial charge on any atom is -0.314 e. The summed E-state index contributed by atoms with van der Waals surface area (Å²) in [6.07, 6.45) is 4.21. The van der Waals surface area contributed by atoms with E-state index in [0.717, 1.165) is 19.0 Å². The van der Waals surface area contributed by atoms with E-state index < -0.39 is 0 Å². The molecule has 4 heteroatoms. The topological polar surface area (TPSA) is 15.3 Å². The van der Waals surface area contributed by atoms with Gasteiger partial charge >= 0.3 is 0 Å². The highest BCUT2D eigenvalue weighted by atomic mass is 35.5. The van der Waals surface area contributed by atoms with Crippen molar-refractivity contribution in [2.24, 2.45) is 5.92 Å². The Morgan fingerprint density at radius 3 is 2.25 bits per heavy atom. The molecule has 0 bridgehead atoms. The molecule has 1 heterocycles. The van der Waals surface area contributed by atoms with Crippen molar-refractivity contribution < 1.29 is 0 Å². The first kappa shape index (κ1) is 19.5. The van der Waals surface area contributed by atoms with Crippen molar-refractivity contribution >= 4 is 35.6 Å². The van der Waals surface area contributed by atoms with Crippen LogP contribution < -0.4 is 5.32 Å². The minimum atomic E-state index is 0. The fourth-order valence-corrected chi connectivity index (χ4v) is 4.20. The molecule has 0 spiro atoms. The van der Waals surface area contributed by atoms with Crippen LogP contribution in [0.1, 0.15) is 36.4 Å². The molecule has 1 saturated carbocycles. The molecule has 1 saturated heterocycles. The lowest BCUT2D eigenvalue weighted by Crippen LogP contribution is -2.47. The monoisotopic (exact) mass is 366 g/mol. The van der Waals surface area contributed by atoms with E-state index in [1.165, 1.54) is 48.7 Å². The molecule has 0 radical (unpaired) electrons. The number of hydrogen-bond acceptors (Lipinski definition) is 2. The molecule has 0 aromatic heterocycles. The molecular formula is C20H28Cl2N2. The fraction of sp³-hybridized carbons (Fsp3) is 0.500. The number of piperazine rings is 1. The molecule has 0 unspecified atom stereocenters. The van der Waals surface area contributed by atoms with Gasteiger partial charge in [-0.05, 0) is 47.6 Å². The van der Waals surface area contributed by atoms with Crippen LogP contribution in [-0.4, -0.2) is 31.1 Å².